The average Bonchev–Trinajstić information content (AvgIpc) is 2.83. The van der Waals surface area contributed by atoms with Crippen LogP contribution in [-0.4, -0.2) is 20.1 Å². The predicted octanol–water partition coefficient (Wildman–Crippen LogP) is 2.58. The van der Waals surface area contributed by atoms with Crippen molar-refractivity contribution in [3.05, 3.63) is 35.4 Å². The Morgan fingerprint density at radius 3 is 2.39 bits per heavy atom. The van der Waals surface area contributed by atoms with E-state index in [1.54, 1.807) is 12.1 Å². The van der Waals surface area contributed by atoms with E-state index in [0.29, 0.717) is 5.92 Å². The number of nitrogens with one attached hydrogen (secondary N) is 2. The van der Waals surface area contributed by atoms with Gasteiger partial charge in [0.25, 0.3) is 0 Å². The molecule has 2 N–H and O–H groups in total. The summed E-state index contributed by atoms with van der Waals surface area (Å²) in [5, 5.41) is 6.47. The lowest BCUT2D eigenvalue weighted by molar-refractivity contribution is -0.137. The second-order valence-electron chi connectivity index (χ2n) is 4.64. The van der Waals surface area contributed by atoms with Gasteiger partial charge in [0, 0.05) is 6.04 Å². The molecule has 18 heavy (non-hydrogen) atoms. The normalized spacial score (nSPS) is 22.1. The highest BCUT2D eigenvalue weighted by atomic mass is 19.4. The first kappa shape index (κ1) is 13.4. The van der Waals surface area contributed by atoms with Gasteiger partial charge < -0.3 is 10.6 Å². The molecule has 1 heterocycles. The second-order valence-corrected chi connectivity index (χ2v) is 4.64. The lowest BCUT2D eigenvalue weighted by Crippen LogP contribution is -2.26. The van der Waals surface area contributed by atoms with Gasteiger partial charge in [0.2, 0.25) is 0 Å². The Balaban J connectivity index is 2.16. The van der Waals surface area contributed by atoms with Crippen molar-refractivity contribution in [2.75, 3.05) is 20.1 Å². The van der Waals surface area contributed by atoms with E-state index in [1.165, 1.54) is 0 Å². The monoisotopic (exact) mass is 258 g/mol. The first-order valence-corrected chi connectivity index (χ1v) is 6.07. The molecule has 1 aliphatic heterocycles. The Hall–Kier alpha value is -1.07. The van der Waals surface area contributed by atoms with Crippen molar-refractivity contribution in [3.8, 4) is 0 Å². The molecule has 1 aromatic rings. The zero-order chi connectivity index (χ0) is 13.2. The number of rotatable bonds is 3. The SMILES string of the molecule is CNC(c1ccc(C(F)(F)F)cc1)C1CCNC1. The lowest BCUT2D eigenvalue weighted by atomic mass is 9.92. The number of alkyl halides is 3. The molecule has 2 rings (SSSR count). The summed E-state index contributed by atoms with van der Waals surface area (Å²) in [6.45, 7) is 1.88. The summed E-state index contributed by atoms with van der Waals surface area (Å²) in [6.07, 6.45) is -3.21. The maximum absolute atomic E-state index is 12.5. The van der Waals surface area contributed by atoms with Gasteiger partial charge in [-0.3, -0.25) is 0 Å². The number of halogens is 3. The quantitative estimate of drug-likeness (QED) is 0.870. The Kier molecular flexibility index (Phi) is 3.92. The fraction of sp³-hybridized carbons (Fsp3) is 0.538. The fourth-order valence-corrected chi connectivity index (χ4v) is 2.52. The second kappa shape index (κ2) is 5.28. The van der Waals surface area contributed by atoms with Gasteiger partial charge in [-0.1, -0.05) is 12.1 Å². The Morgan fingerprint density at radius 1 is 1.28 bits per heavy atom. The number of hydrogen-bond acceptors (Lipinski definition) is 2. The summed E-state index contributed by atoms with van der Waals surface area (Å²) < 4.78 is 37.4. The van der Waals surface area contributed by atoms with E-state index in [2.05, 4.69) is 10.6 Å². The van der Waals surface area contributed by atoms with Gasteiger partial charge in [-0.2, -0.15) is 13.2 Å². The van der Waals surface area contributed by atoms with E-state index in [9.17, 15) is 13.2 Å². The third-order valence-electron chi connectivity index (χ3n) is 3.48. The van der Waals surface area contributed by atoms with Crippen LogP contribution in [0.1, 0.15) is 23.6 Å². The zero-order valence-corrected chi connectivity index (χ0v) is 10.2. The average molecular weight is 258 g/mol. The minimum Gasteiger partial charge on any atom is -0.316 e. The van der Waals surface area contributed by atoms with Crippen molar-refractivity contribution < 1.29 is 13.2 Å². The Morgan fingerprint density at radius 2 is 1.94 bits per heavy atom. The van der Waals surface area contributed by atoms with Crippen LogP contribution in [0.2, 0.25) is 0 Å². The van der Waals surface area contributed by atoms with Crippen molar-refractivity contribution >= 4 is 0 Å². The minimum atomic E-state index is -4.26. The van der Waals surface area contributed by atoms with E-state index in [4.69, 9.17) is 0 Å². The van der Waals surface area contributed by atoms with Crippen molar-refractivity contribution in [2.24, 2.45) is 5.92 Å². The fourth-order valence-electron chi connectivity index (χ4n) is 2.52. The molecule has 2 unspecified atom stereocenters. The molecule has 1 saturated heterocycles. The van der Waals surface area contributed by atoms with Crippen LogP contribution in [0.5, 0.6) is 0 Å². The van der Waals surface area contributed by atoms with Crippen molar-refractivity contribution in [3.63, 3.8) is 0 Å². The minimum absolute atomic E-state index is 0.113. The number of benzene rings is 1. The van der Waals surface area contributed by atoms with Crippen LogP contribution in [0, 0.1) is 5.92 Å². The van der Waals surface area contributed by atoms with Crippen molar-refractivity contribution in [1.29, 1.82) is 0 Å². The van der Waals surface area contributed by atoms with Crippen LogP contribution in [-0.2, 0) is 6.18 Å². The molecule has 0 bridgehead atoms. The first-order chi connectivity index (χ1) is 8.52. The maximum Gasteiger partial charge on any atom is 0.416 e. The van der Waals surface area contributed by atoms with E-state index in [1.807, 2.05) is 7.05 Å². The van der Waals surface area contributed by atoms with Crippen LogP contribution in [0.25, 0.3) is 0 Å². The van der Waals surface area contributed by atoms with Crippen LogP contribution in [0.15, 0.2) is 24.3 Å². The van der Waals surface area contributed by atoms with Crippen LogP contribution in [0.4, 0.5) is 13.2 Å². The molecular weight excluding hydrogens is 241 g/mol. The molecule has 1 fully saturated rings. The summed E-state index contributed by atoms with van der Waals surface area (Å²) in [4.78, 5) is 0. The molecule has 1 aromatic carbocycles. The van der Waals surface area contributed by atoms with Crippen molar-refractivity contribution in [2.45, 2.75) is 18.6 Å². The molecule has 0 spiro atoms. The molecule has 2 nitrogen and oxygen atoms in total. The van der Waals surface area contributed by atoms with E-state index >= 15 is 0 Å². The van der Waals surface area contributed by atoms with Gasteiger partial charge in [-0.25, -0.2) is 0 Å². The summed E-state index contributed by atoms with van der Waals surface area (Å²) >= 11 is 0. The Labute approximate surface area is 105 Å². The first-order valence-electron chi connectivity index (χ1n) is 6.07. The van der Waals surface area contributed by atoms with Gasteiger partial charge in [0.15, 0.2) is 0 Å². The molecule has 100 valence electrons. The molecule has 0 aliphatic carbocycles. The topological polar surface area (TPSA) is 24.1 Å². The third kappa shape index (κ3) is 2.84. The summed E-state index contributed by atoms with van der Waals surface area (Å²) in [7, 11) is 1.85. The van der Waals surface area contributed by atoms with E-state index in [0.717, 1.165) is 37.2 Å². The van der Waals surface area contributed by atoms with E-state index < -0.39 is 11.7 Å². The molecule has 5 heteroatoms. The van der Waals surface area contributed by atoms with Gasteiger partial charge in [-0.05, 0) is 50.2 Å². The highest BCUT2D eigenvalue weighted by Gasteiger charge is 2.31. The molecule has 0 radical (unpaired) electrons. The van der Waals surface area contributed by atoms with Gasteiger partial charge in [0.05, 0.1) is 5.56 Å². The van der Waals surface area contributed by atoms with Crippen molar-refractivity contribution in [1.82, 2.24) is 10.6 Å². The largest absolute Gasteiger partial charge is 0.416 e. The van der Waals surface area contributed by atoms with Crippen LogP contribution in [0.3, 0.4) is 0 Å². The van der Waals surface area contributed by atoms with Crippen LogP contribution < -0.4 is 10.6 Å². The van der Waals surface area contributed by atoms with Crippen LogP contribution >= 0.6 is 0 Å². The van der Waals surface area contributed by atoms with E-state index in [-0.39, 0.29) is 6.04 Å². The molecule has 0 amide bonds. The Bertz CT molecular complexity index is 380. The van der Waals surface area contributed by atoms with Gasteiger partial charge in [0.1, 0.15) is 0 Å². The lowest BCUT2D eigenvalue weighted by Gasteiger charge is -2.23. The summed E-state index contributed by atoms with van der Waals surface area (Å²) in [5.74, 6) is 0.437. The molecule has 0 aromatic heterocycles. The molecular formula is C13H17F3N2. The van der Waals surface area contributed by atoms with Gasteiger partial charge in [-0.15, -0.1) is 0 Å². The summed E-state index contributed by atoms with van der Waals surface area (Å²) in [5.41, 5.74) is 0.324. The van der Waals surface area contributed by atoms with Gasteiger partial charge >= 0.3 is 6.18 Å². The maximum atomic E-state index is 12.5. The highest BCUT2D eigenvalue weighted by Crippen LogP contribution is 2.32. The molecule has 2 atom stereocenters. The smallest absolute Gasteiger partial charge is 0.316 e. The summed E-state index contributed by atoms with van der Waals surface area (Å²) in [6, 6.07) is 5.57. The predicted molar refractivity (Wildman–Crippen MR) is 64.2 cm³/mol. The standard InChI is InChI=1S/C13H17F3N2/c1-17-12(10-6-7-18-8-10)9-2-4-11(5-3-9)13(14,15)16/h2-5,10,12,17-18H,6-8H2,1H3. The molecule has 1 aliphatic rings. The number of hydrogen-bond donors (Lipinski definition) is 2. The highest BCUT2D eigenvalue weighted by molar-refractivity contribution is 5.27. The zero-order valence-electron chi connectivity index (χ0n) is 10.2. The molecule has 0 saturated carbocycles. The third-order valence-corrected chi connectivity index (χ3v) is 3.48.